The number of rotatable bonds is 6. The number of aliphatic hydroxyl groups excluding tert-OH is 1. The second-order valence-electron chi connectivity index (χ2n) is 5.58. The van der Waals surface area contributed by atoms with Gasteiger partial charge in [0.1, 0.15) is 5.75 Å². The molecule has 2 rings (SSSR count). The van der Waals surface area contributed by atoms with Gasteiger partial charge in [-0.25, -0.2) is 0 Å². The van der Waals surface area contributed by atoms with E-state index in [2.05, 4.69) is 5.32 Å². The van der Waals surface area contributed by atoms with Crippen molar-refractivity contribution in [1.82, 2.24) is 10.2 Å². The third-order valence-corrected chi connectivity index (χ3v) is 3.77. The van der Waals surface area contributed by atoms with Crippen LogP contribution in [0, 0.1) is 6.92 Å². The number of halogens is 1. The lowest BCUT2D eigenvalue weighted by atomic mass is 10.2. The summed E-state index contributed by atoms with van der Waals surface area (Å²) in [6.07, 6.45) is 0.881. The molecule has 124 valence electrons. The van der Waals surface area contributed by atoms with Crippen LogP contribution in [0.2, 0.25) is 0 Å². The summed E-state index contributed by atoms with van der Waals surface area (Å²) >= 11 is 0. The van der Waals surface area contributed by atoms with Crippen molar-refractivity contribution in [3.05, 3.63) is 29.8 Å². The normalized spacial score (nSPS) is 20.3. The number of hydrogen-bond donors (Lipinski definition) is 2. The molecule has 0 spiro atoms. The second-order valence-corrected chi connectivity index (χ2v) is 5.58. The van der Waals surface area contributed by atoms with E-state index >= 15 is 0 Å². The van der Waals surface area contributed by atoms with Crippen LogP contribution >= 0.6 is 12.4 Å². The van der Waals surface area contributed by atoms with E-state index in [0.29, 0.717) is 26.1 Å². The lowest BCUT2D eigenvalue weighted by Crippen LogP contribution is -2.42. The number of nitrogens with zero attached hydrogens (tertiary/aromatic N) is 1. The maximum absolute atomic E-state index is 12.1. The largest absolute Gasteiger partial charge is 0.493 e. The predicted octanol–water partition coefficient (Wildman–Crippen LogP) is 1.37. The summed E-state index contributed by atoms with van der Waals surface area (Å²) in [6.45, 7) is 3.75. The van der Waals surface area contributed by atoms with Gasteiger partial charge in [0.2, 0.25) is 5.91 Å². The third-order valence-electron chi connectivity index (χ3n) is 3.77. The molecule has 1 aromatic carbocycles. The Labute approximate surface area is 138 Å². The Hall–Kier alpha value is -1.30. The number of ether oxygens (including phenoxy) is 1. The maximum Gasteiger partial charge on any atom is 0.239 e. The third kappa shape index (κ3) is 5.16. The Bertz CT molecular complexity index is 484. The van der Waals surface area contributed by atoms with E-state index in [4.69, 9.17) is 4.74 Å². The Morgan fingerprint density at radius 1 is 1.45 bits per heavy atom. The van der Waals surface area contributed by atoms with Gasteiger partial charge < -0.3 is 20.1 Å². The highest BCUT2D eigenvalue weighted by Crippen LogP contribution is 2.16. The number of nitrogens with one attached hydrogen (secondary N) is 1. The molecular weight excluding hydrogens is 304 g/mol. The zero-order valence-corrected chi connectivity index (χ0v) is 13.9. The number of carbonyl (C=O) groups is 1. The molecule has 1 aromatic rings. The number of para-hydroxylation sites is 1. The molecule has 1 aliphatic rings. The van der Waals surface area contributed by atoms with E-state index in [1.807, 2.05) is 31.2 Å². The topological polar surface area (TPSA) is 61.8 Å². The smallest absolute Gasteiger partial charge is 0.239 e. The van der Waals surface area contributed by atoms with Crippen LogP contribution in [-0.4, -0.2) is 54.8 Å². The Kier molecular flexibility index (Phi) is 7.65. The molecule has 0 radical (unpaired) electrons. The van der Waals surface area contributed by atoms with Crippen LogP contribution in [0.1, 0.15) is 18.4 Å². The lowest BCUT2D eigenvalue weighted by molar-refractivity contribution is -0.132. The first-order valence-corrected chi connectivity index (χ1v) is 7.43. The first-order chi connectivity index (χ1) is 10.1. The molecule has 2 unspecified atom stereocenters. The van der Waals surface area contributed by atoms with Gasteiger partial charge in [0.25, 0.3) is 0 Å². The second kappa shape index (κ2) is 8.98. The molecule has 2 N–H and O–H groups in total. The van der Waals surface area contributed by atoms with Crippen molar-refractivity contribution < 1.29 is 14.6 Å². The summed E-state index contributed by atoms with van der Waals surface area (Å²) in [7, 11) is 1.79. The summed E-state index contributed by atoms with van der Waals surface area (Å²) in [5.41, 5.74) is 1.12. The monoisotopic (exact) mass is 328 g/mol. The molecule has 1 heterocycles. The first-order valence-electron chi connectivity index (χ1n) is 7.43. The fraction of sp³-hybridized carbons (Fsp3) is 0.562. The minimum atomic E-state index is -0.406. The van der Waals surface area contributed by atoms with Gasteiger partial charge in [0.05, 0.1) is 18.8 Å². The highest BCUT2D eigenvalue weighted by atomic mass is 35.5. The van der Waals surface area contributed by atoms with Crippen LogP contribution in [0.15, 0.2) is 24.3 Å². The summed E-state index contributed by atoms with van der Waals surface area (Å²) in [5, 5.41) is 12.5. The van der Waals surface area contributed by atoms with Gasteiger partial charge in [0.15, 0.2) is 0 Å². The van der Waals surface area contributed by atoms with E-state index in [1.54, 1.807) is 11.9 Å². The number of hydrogen-bond acceptors (Lipinski definition) is 4. The SMILES string of the molecule is Cc1ccccc1OCCCN(C)C(=O)C1CC(O)CN1.Cl. The molecule has 0 aliphatic carbocycles. The quantitative estimate of drug-likeness (QED) is 0.774. The molecular formula is C16H25ClN2O3. The molecule has 5 nitrogen and oxygen atoms in total. The van der Waals surface area contributed by atoms with Crippen LogP contribution in [0.3, 0.4) is 0 Å². The van der Waals surface area contributed by atoms with Crippen molar-refractivity contribution in [2.75, 3.05) is 26.7 Å². The van der Waals surface area contributed by atoms with E-state index < -0.39 is 6.10 Å². The number of benzene rings is 1. The van der Waals surface area contributed by atoms with Crippen molar-refractivity contribution >= 4 is 18.3 Å². The Balaban J connectivity index is 0.00000242. The van der Waals surface area contributed by atoms with E-state index in [9.17, 15) is 9.90 Å². The average Bonchev–Trinajstić information content (AvgIpc) is 2.91. The Morgan fingerprint density at radius 3 is 2.82 bits per heavy atom. The minimum absolute atomic E-state index is 0. The van der Waals surface area contributed by atoms with Crippen molar-refractivity contribution in [3.8, 4) is 5.75 Å². The molecule has 6 heteroatoms. The number of likely N-dealkylation sites (N-methyl/N-ethyl adjacent to an activating group) is 1. The predicted molar refractivity (Wildman–Crippen MR) is 88.6 cm³/mol. The van der Waals surface area contributed by atoms with E-state index in [-0.39, 0.29) is 24.4 Å². The van der Waals surface area contributed by atoms with Crippen LogP contribution in [0.25, 0.3) is 0 Å². The molecule has 1 amide bonds. The summed E-state index contributed by atoms with van der Waals surface area (Å²) in [5.74, 6) is 0.939. The molecule has 0 saturated carbocycles. The van der Waals surface area contributed by atoms with Gasteiger partial charge in [-0.15, -0.1) is 12.4 Å². The molecule has 1 fully saturated rings. The molecule has 0 bridgehead atoms. The van der Waals surface area contributed by atoms with Crippen molar-refractivity contribution in [2.45, 2.75) is 31.9 Å². The lowest BCUT2D eigenvalue weighted by Gasteiger charge is -2.21. The fourth-order valence-electron chi connectivity index (χ4n) is 2.48. The molecule has 1 aliphatic heterocycles. The summed E-state index contributed by atoms with van der Waals surface area (Å²) in [4.78, 5) is 13.8. The van der Waals surface area contributed by atoms with Gasteiger partial charge in [-0.1, -0.05) is 18.2 Å². The van der Waals surface area contributed by atoms with Crippen molar-refractivity contribution in [3.63, 3.8) is 0 Å². The standard InChI is InChI=1S/C16H24N2O3.ClH/c1-12-6-3-4-7-15(12)21-9-5-8-18(2)16(20)14-10-13(19)11-17-14;/h3-4,6-7,13-14,17,19H,5,8-11H2,1-2H3;1H. The van der Waals surface area contributed by atoms with Gasteiger partial charge >= 0.3 is 0 Å². The molecule has 2 atom stereocenters. The molecule has 1 saturated heterocycles. The van der Waals surface area contributed by atoms with Crippen LogP contribution in [-0.2, 0) is 4.79 Å². The Morgan fingerprint density at radius 2 is 2.18 bits per heavy atom. The van der Waals surface area contributed by atoms with Crippen LogP contribution in [0.5, 0.6) is 5.75 Å². The highest BCUT2D eigenvalue weighted by molar-refractivity contribution is 5.85. The zero-order valence-electron chi connectivity index (χ0n) is 13.1. The number of aliphatic hydroxyl groups is 1. The first kappa shape index (κ1) is 18.7. The molecule has 0 aromatic heterocycles. The number of aryl methyl sites for hydroxylation is 1. The van der Waals surface area contributed by atoms with Crippen LogP contribution in [0.4, 0.5) is 0 Å². The zero-order chi connectivity index (χ0) is 15.2. The fourth-order valence-corrected chi connectivity index (χ4v) is 2.48. The summed E-state index contributed by atoms with van der Waals surface area (Å²) in [6, 6.07) is 7.66. The van der Waals surface area contributed by atoms with Gasteiger partial charge in [-0.05, 0) is 31.4 Å². The maximum atomic E-state index is 12.1. The van der Waals surface area contributed by atoms with Gasteiger partial charge in [0, 0.05) is 20.1 Å². The van der Waals surface area contributed by atoms with Crippen LogP contribution < -0.4 is 10.1 Å². The van der Waals surface area contributed by atoms with Gasteiger partial charge in [-0.3, -0.25) is 4.79 Å². The van der Waals surface area contributed by atoms with Crippen molar-refractivity contribution in [1.29, 1.82) is 0 Å². The minimum Gasteiger partial charge on any atom is -0.493 e. The number of carbonyl (C=O) groups excluding carboxylic acids is 1. The molecule has 22 heavy (non-hydrogen) atoms. The van der Waals surface area contributed by atoms with Crippen molar-refractivity contribution in [2.24, 2.45) is 0 Å². The van der Waals surface area contributed by atoms with Gasteiger partial charge in [-0.2, -0.15) is 0 Å². The van der Waals surface area contributed by atoms with E-state index in [0.717, 1.165) is 17.7 Å². The van der Waals surface area contributed by atoms with E-state index in [1.165, 1.54) is 0 Å². The number of amides is 1. The highest BCUT2D eigenvalue weighted by Gasteiger charge is 2.29. The summed E-state index contributed by atoms with van der Waals surface area (Å²) < 4.78 is 5.72. The average molecular weight is 329 g/mol. The number of β-amino-alcohol motifs (C(OH)–C–C–N with tert-alkyl or cyclic N) is 1.